The Kier molecular flexibility index (Phi) is 5.05. The Balaban J connectivity index is 1.48. The van der Waals surface area contributed by atoms with Gasteiger partial charge in [0.15, 0.2) is 0 Å². The van der Waals surface area contributed by atoms with E-state index in [2.05, 4.69) is 32.6 Å². The molecule has 28 heavy (non-hydrogen) atoms. The minimum atomic E-state index is -0.136. The summed E-state index contributed by atoms with van der Waals surface area (Å²) < 4.78 is 0. The number of benzene rings is 2. The summed E-state index contributed by atoms with van der Waals surface area (Å²) in [6.07, 6.45) is 1.91. The molecular weight excluding hydrogens is 352 g/mol. The van der Waals surface area contributed by atoms with E-state index >= 15 is 0 Å². The maximum atomic E-state index is 12.7. The van der Waals surface area contributed by atoms with Gasteiger partial charge in [-0.05, 0) is 50.7 Å². The molecule has 2 heterocycles. The molecular formula is C22H26N4O2. The van der Waals surface area contributed by atoms with Crippen molar-refractivity contribution in [2.24, 2.45) is 0 Å². The molecule has 0 saturated carbocycles. The Morgan fingerprint density at radius 2 is 2.04 bits per heavy atom. The van der Waals surface area contributed by atoms with Gasteiger partial charge >= 0.3 is 0 Å². The van der Waals surface area contributed by atoms with E-state index in [0.717, 1.165) is 36.3 Å². The van der Waals surface area contributed by atoms with Gasteiger partial charge in [0.25, 0.3) is 5.91 Å². The highest BCUT2D eigenvalue weighted by Gasteiger charge is 2.36. The van der Waals surface area contributed by atoms with E-state index in [-0.39, 0.29) is 23.9 Å². The monoisotopic (exact) mass is 378 g/mol. The first-order chi connectivity index (χ1) is 13.5. The van der Waals surface area contributed by atoms with Crippen LogP contribution in [0.4, 0.5) is 11.4 Å². The molecule has 146 valence electrons. The Hall–Kier alpha value is -2.86. The third kappa shape index (κ3) is 3.47. The van der Waals surface area contributed by atoms with E-state index < -0.39 is 0 Å². The van der Waals surface area contributed by atoms with Gasteiger partial charge in [0.2, 0.25) is 5.91 Å². The number of carbonyl (C=O) groups excluding carboxylic acids is 2. The second-order valence-electron chi connectivity index (χ2n) is 7.67. The van der Waals surface area contributed by atoms with Crippen LogP contribution in [0, 0.1) is 0 Å². The summed E-state index contributed by atoms with van der Waals surface area (Å²) in [6.45, 7) is 1.39. The fourth-order valence-electron chi connectivity index (χ4n) is 4.14. The summed E-state index contributed by atoms with van der Waals surface area (Å²) >= 11 is 0. The predicted molar refractivity (Wildman–Crippen MR) is 111 cm³/mol. The van der Waals surface area contributed by atoms with Crippen LogP contribution in [0.25, 0.3) is 0 Å². The summed E-state index contributed by atoms with van der Waals surface area (Å²) in [4.78, 5) is 29.3. The molecule has 2 atom stereocenters. The number of fused-ring (bicyclic) bond motifs is 3. The SMILES string of the molecule is CN(C)C(CNC(=O)c1ccc2c(c1)NC(=O)C1CCCN21)c1ccccc1. The molecule has 0 radical (unpaired) electrons. The third-order valence-electron chi connectivity index (χ3n) is 5.65. The largest absolute Gasteiger partial charge is 0.358 e. The number of amides is 2. The molecule has 2 N–H and O–H groups in total. The molecule has 2 aliphatic heterocycles. The molecule has 6 heteroatoms. The van der Waals surface area contributed by atoms with Gasteiger partial charge in [-0.2, -0.15) is 0 Å². The van der Waals surface area contributed by atoms with Crippen molar-refractivity contribution in [3.8, 4) is 0 Å². The third-order valence-corrected chi connectivity index (χ3v) is 5.65. The highest BCUT2D eigenvalue weighted by Crippen LogP contribution is 2.37. The van der Waals surface area contributed by atoms with Crippen LogP contribution in [0.1, 0.15) is 34.8 Å². The molecule has 6 nitrogen and oxygen atoms in total. The van der Waals surface area contributed by atoms with Gasteiger partial charge in [-0.1, -0.05) is 30.3 Å². The van der Waals surface area contributed by atoms with Crippen LogP contribution in [-0.2, 0) is 4.79 Å². The number of anilines is 2. The van der Waals surface area contributed by atoms with E-state index in [9.17, 15) is 9.59 Å². The zero-order valence-corrected chi connectivity index (χ0v) is 16.3. The zero-order chi connectivity index (χ0) is 19.7. The van der Waals surface area contributed by atoms with Gasteiger partial charge in [0.05, 0.1) is 17.4 Å². The summed E-state index contributed by atoms with van der Waals surface area (Å²) in [7, 11) is 4.01. The van der Waals surface area contributed by atoms with E-state index in [1.54, 1.807) is 6.07 Å². The van der Waals surface area contributed by atoms with Crippen LogP contribution >= 0.6 is 0 Å². The number of carbonyl (C=O) groups is 2. The molecule has 2 unspecified atom stereocenters. The number of hydrogen-bond acceptors (Lipinski definition) is 4. The first-order valence-corrected chi connectivity index (χ1v) is 9.76. The molecule has 2 aromatic carbocycles. The van der Waals surface area contributed by atoms with Crippen molar-refractivity contribution in [2.75, 3.05) is 37.4 Å². The van der Waals surface area contributed by atoms with Gasteiger partial charge in [0.1, 0.15) is 6.04 Å². The molecule has 0 bridgehead atoms. The summed E-state index contributed by atoms with van der Waals surface area (Å²) in [5, 5.41) is 6.00. The maximum Gasteiger partial charge on any atom is 0.251 e. The lowest BCUT2D eigenvalue weighted by molar-refractivity contribution is -0.117. The van der Waals surface area contributed by atoms with Crippen LogP contribution in [-0.4, -0.2) is 49.9 Å². The number of hydrogen-bond donors (Lipinski definition) is 2. The molecule has 0 spiro atoms. The smallest absolute Gasteiger partial charge is 0.251 e. The lowest BCUT2D eigenvalue weighted by atomic mass is 10.0. The van der Waals surface area contributed by atoms with Crippen LogP contribution in [0.3, 0.4) is 0 Å². The van der Waals surface area contributed by atoms with Crippen LogP contribution in [0.15, 0.2) is 48.5 Å². The van der Waals surface area contributed by atoms with Crippen molar-refractivity contribution in [2.45, 2.75) is 24.9 Å². The lowest BCUT2D eigenvalue weighted by Gasteiger charge is -2.33. The Labute approximate surface area is 165 Å². The van der Waals surface area contributed by atoms with Gasteiger partial charge in [-0.3, -0.25) is 9.59 Å². The first-order valence-electron chi connectivity index (χ1n) is 9.76. The highest BCUT2D eigenvalue weighted by molar-refractivity contribution is 6.06. The average molecular weight is 378 g/mol. The van der Waals surface area contributed by atoms with Gasteiger partial charge in [-0.25, -0.2) is 0 Å². The van der Waals surface area contributed by atoms with Crippen molar-refractivity contribution in [1.29, 1.82) is 0 Å². The predicted octanol–water partition coefficient (Wildman–Crippen LogP) is 2.64. The standard InChI is InChI=1S/C22H26N4O2/c1-25(2)20(15-7-4-3-5-8-15)14-23-21(27)16-10-11-18-17(13-16)24-22(28)19-9-6-12-26(18)19/h3-5,7-8,10-11,13,19-20H,6,9,12,14H2,1-2H3,(H,23,27)(H,24,28). The normalized spacial score (nSPS) is 19.0. The molecule has 1 fully saturated rings. The first kappa shape index (κ1) is 18.5. The summed E-state index contributed by atoms with van der Waals surface area (Å²) in [5.41, 5.74) is 3.45. The van der Waals surface area contributed by atoms with Crippen LogP contribution in [0.2, 0.25) is 0 Å². The molecule has 4 rings (SSSR count). The van der Waals surface area contributed by atoms with Crippen molar-refractivity contribution >= 4 is 23.2 Å². The molecule has 2 amide bonds. The maximum absolute atomic E-state index is 12.7. The molecule has 1 saturated heterocycles. The number of rotatable bonds is 5. The van der Waals surface area contributed by atoms with Gasteiger partial charge < -0.3 is 20.4 Å². The number of nitrogens with zero attached hydrogens (tertiary/aromatic N) is 2. The fraction of sp³-hybridized carbons (Fsp3) is 0.364. The summed E-state index contributed by atoms with van der Waals surface area (Å²) in [6, 6.07) is 15.7. The van der Waals surface area contributed by atoms with Crippen molar-refractivity contribution in [3.05, 3.63) is 59.7 Å². The minimum absolute atomic E-state index is 0.0271. The van der Waals surface area contributed by atoms with E-state index in [4.69, 9.17) is 0 Å². The van der Waals surface area contributed by atoms with Crippen LogP contribution < -0.4 is 15.5 Å². The Morgan fingerprint density at radius 3 is 2.79 bits per heavy atom. The number of nitrogens with one attached hydrogen (secondary N) is 2. The topological polar surface area (TPSA) is 64.7 Å². The van der Waals surface area contributed by atoms with Crippen molar-refractivity contribution < 1.29 is 9.59 Å². The molecule has 2 aromatic rings. The van der Waals surface area contributed by atoms with E-state index in [1.807, 2.05) is 44.4 Å². The quantitative estimate of drug-likeness (QED) is 0.840. The lowest BCUT2D eigenvalue weighted by Crippen LogP contribution is -2.44. The molecule has 2 aliphatic rings. The van der Waals surface area contributed by atoms with Gasteiger partial charge in [-0.15, -0.1) is 0 Å². The Morgan fingerprint density at radius 1 is 1.25 bits per heavy atom. The second kappa shape index (κ2) is 7.64. The minimum Gasteiger partial charge on any atom is -0.358 e. The highest BCUT2D eigenvalue weighted by atomic mass is 16.2. The fourth-order valence-corrected chi connectivity index (χ4v) is 4.14. The second-order valence-corrected chi connectivity index (χ2v) is 7.67. The van der Waals surface area contributed by atoms with Gasteiger partial charge in [0, 0.05) is 18.7 Å². The number of likely N-dealkylation sites (N-methyl/N-ethyl adjacent to an activating group) is 1. The average Bonchev–Trinajstić information content (AvgIpc) is 3.19. The van der Waals surface area contributed by atoms with Crippen molar-refractivity contribution in [1.82, 2.24) is 10.2 Å². The van der Waals surface area contributed by atoms with E-state index in [1.165, 1.54) is 0 Å². The van der Waals surface area contributed by atoms with Crippen molar-refractivity contribution in [3.63, 3.8) is 0 Å². The van der Waals surface area contributed by atoms with Crippen LogP contribution in [0.5, 0.6) is 0 Å². The summed E-state index contributed by atoms with van der Waals surface area (Å²) in [5.74, 6) is -0.109. The zero-order valence-electron chi connectivity index (χ0n) is 16.3. The van der Waals surface area contributed by atoms with E-state index in [0.29, 0.717) is 12.1 Å². The molecule has 0 aromatic heterocycles. The molecule has 0 aliphatic carbocycles. The Bertz CT molecular complexity index is 881.